The zero-order chi connectivity index (χ0) is 18.8. The van der Waals surface area contributed by atoms with Crippen LogP contribution in [0.4, 0.5) is 0 Å². The Morgan fingerprint density at radius 1 is 1.35 bits per heavy atom. The fourth-order valence-electron chi connectivity index (χ4n) is 3.54. The van der Waals surface area contributed by atoms with Gasteiger partial charge in [0.1, 0.15) is 18.8 Å². The predicted molar refractivity (Wildman–Crippen MR) is 103 cm³/mol. The molecule has 2 atom stereocenters. The van der Waals surface area contributed by atoms with Crippen LogP contribution < -0.4 is 10.6 Å². The molecule has 0 bridgehead atoms. The fraction of sp³-hybridized carbons (Fsp3) is 0.450. The summed E-state index contributed by atoms with van der Waals surface area (Å²) in [5, 5.41) is 11.3. The molecule has 2 N–H and O–H groups in total. The first-order chi connectivity index (χ1) is 12.3. The van der Waals surface area contributed by atoms with Gasteiger partial charge in [-0.3, -0.25) is 15.1 Å². The lowest BCUT2D eigenvalue weighted by atomic mass is 9.91. The second-order valence-electron chi connectivity index (χ2n) is 7.68. The molecule has 6 heteroatoms. The number of amides is 1. The number of aromatic nitrogens is 1. The van der Waals surface area contributed by atoms with Crippen molar-refractivity contribution in [3.8, 4) is 0 Å². The van der Waals surface area contributed by atoms with Crippen molar-refractivity contribution in [1.29, 1.82) is 0 Å². The highest BCUT2D eigenvalue weighted by Gasteiger charge is 2.40. The summed E-state index contributed by atoms with van der Waals surface area (Å²) in [5.74, 6) is -0.00729. The maximum Gasteiger partial charge on any atom is 0.254 e. The number of nitrogens with zero attached hydrogens (tertiary/aromatic N) is 3. The van der Waals surface area contributed by atoms with E-state index in [0.717, 1.165) is 23.1 Å². The second-order valence-corrected chi connectivity index (χ2v) is 7.68. The minimum absolute atomic E-state index is 0.00729. The zero-order valence-electron chi connectivity index (χ0n) is 16.0. The van der Waals surface area contributed by atoms with Gasteiger partial charge in [0.15, 0.2) is 0 Å². The standard InChI is InChI=1S/C20H27N5O/c1-15(2)25(11-5-8-23-25)14-18-16(3)12-20(4,24-19(18)26)22-13-17-6-9-21-10-7-17/h5-11,15,22H,12-14H2,1-4H3/p+1. The molecule has 0 fully saturated rings. The molecule has 0 aromatic carbocycles. The summed E-state index contributed by atoms with van der Waals surface area (Å²) < 4.78 is 0.446. The van der Waals surface area contributed by atoms with Crippen molar-refractivity contribution in [3.05, 3.63) is 53.5 Å². The predicted octanol–water partition coefficient (Wildman–Crippen LogP) is 2.46. The molecular weight excluding hydrogens is 326 g/mol. The lowest BCUT2D eigenvalue weighted by molar-refractivity contribution is -0.899. The molecule has 1 amide bonds. The van der Waals surface area contributed by atoms with Gasteiger partial charge in [-0.05, 0) is 45.4 Å². The Hall–Kier alpha value is -2.31. The van der Waals surface area contributed by atoms with Crippen molar-refractivity contribution < 1.29 is 9.39 Å². The molecule has 2 unspecified atom stereocenters. The third-order valence-electron chi connectivity index (χ3n) is 5.25. The molecule has 0 saturated heterocycles. The molecule has 2 aliphatic rings. The lowest BCUT2D eigenvalue weighted by Crippen LogP contribution is -2.60. The van der Waals surface area contributed by atoms with E-state index in [0.29, 0.717) is 17.7 Å². The lowest BCUT2D eigenvalue weighted by Gasteiger charge is -2.39. The molecule has 0 spiro atoms. The topological polar surface area (TPSA) is 66.4 Å². The average Bonchev–Trinajstić information content (AvgIpc) is 3.08. The number of hydrogen-bond acceptors (Lipinski definition) is 4. The van der Waals surface area contributed by atoms with Crippen LogP contribution in [0.5, 0.6) is 0 Å². The first-order valence-corrected chi connectivity index (χ1v) is 9.09. The maximum absolute atomic E-state index is 12.9. The quantitative estimate of drug-likeness (QED) is 0.771. The van der Waals surface area contributed by atoms with E-state index < -0.39 is 5.66 Å². The molecule has 1 aromatic heterocycles. The van der Waals surface area contributed by atoms with Crippen LogP contribution in [-0.4, -0.2) is 39.9 Å². The summed E-state index contributed by atoms with van der Waals surface area (Å²) in [6, 6.07) is 4.23. The van der Waals surface area contributed by atoms with Crippen LogP contribution in [0.1, 0.15) is 39.7 Å². The van der Waals surface area contributed by atoms with Gasteiger partial charge in [0.25, 0.3) is 5.91 Å². The SMILES string of the molecule is CC1=C(C[N+]2(C(C)C)C=CC=N2)C(=O)NC(C)(NCc2ccncc2)C1. The van der Waals surface area contributed by atoms with E-state index in [2.05, 4.69) is 47.7 Å². The minimum Gasteiger partial charge on any atom is -0.334 e. The van der Waals surface area contributed by atoms with Crippen molar-refractivity contribution in [2.24, 2.45) is 5.10 Å². The molecule has 0 saturated carbocycles. The van der Waals surface area contributed by atoms with Crippen LogP contribution in [0.2, 0.25) is 0 Å². The molecule has 0 aliphatic carbocycles. The number of rotatable bonds is 6. The van der Waals surface area contributed by atoms with Crippen LogP contribution in [-0.2, 0) is 11.3 Å². The Bertz CT molecular complexity index is 754. The van der Waals surface area contributed by atoms with Crippen LogP contribution in [0.25, 0.3) is 0 Å². The minimum atomic E-state index is -0.458. The van der Waals surface area contributed by atoms with Crippen LogP contribution in [0.15, 0.2) is 53.1 Å². The van der Waals surface area contributed by atoms with E-state index in [1.54, 1.807) is 12.4 Å². The summed E-state index contributed by atoms with van der Waals surface area (Å²) in [7, 11) is 0. The number of nitrogens with one attached hydrogen (secondary N) is 2. The van der Waals surface area contributed by atoms with Gasteiger partial charge in [0.05, 0.1) is 17.5 Å². The second kappa shape index (κ2) is 7.13. The summed E-state index contributed by atoms with van der Waals surface area (Å²) in [6.07, 6.45) is 10.2. The molecule has 1 aromatic rings. The Kier molecular flexibility index (Phi) is 5.07. The van der Waals surface area contributed by atoms with Crippen LogP contribution in [0.3, 0.4) is 0 Å². The Labute approximate surface area is 155 Å². The van der Waals surface area contributed by atoms with Gasteiger partial charge in [0.2, 0.25) is 0 Å². The maximum atomic E-state index is 12.9. The first-order valence-electron chi connectivity index (χ1n) is 9.09. The van der Waals surface area contributed by atoms with Gasteiger partial charge in [-0.25, -0.2) is 0 Å². The van der Waals surface area contributed by atoms with E-state index in [-0.39, 0.29) is 11.9 Å². The third-order valence-corrected chi connectivity index (χ3v) is 5.25. The number of carbonyl (C=O) groups excluding carboxylic acids is 1. The number of hydrogen-bond donors (Lipinski definition) is 2. The van der Waals surface area contributed by atoms with Gasteiger partial charge >= 0.3 is 0 Å². The van der Waals surface area contributed by atoms with E-state index >= 15 is 0 Å². The highest BCUT2D eigenvalue weighted by Crippen LogP contribution is 2.29. The van der Waals surface area contributed by atoms with Crippen molar-refractivity contribution in [2.45, 2.75) is 52.4 Å². The fourth-order valence-corrected chi connectivity index (χ4v) is 3.54. The third kappa shape index (κ3) is 3.76. The number of allylic oxidation sites excluding steroid dienone is 1. The molecular formula is C20H28N5O+. The molecule has 6 nitrogen and oxygen atoms in total. The first kappa shape index (κ1) is 18.5. The van der Waals surface area contributed by atoms with Crippen molar-refractivity contribution in [1.82, 2.24) is 15.6 Å². The number of quaternary nitrogens is 1. The van der Waals surface area contributed by atoms with E-state index in [9.17, 15) is 4.79 Å². The average molecular weight is 354 g/mol. The zero-order valence-corrected chi connectivity index (χ0v) is 16.0. The van der Waals surface area contributed by atoms with Gasteiger partial charge in [0, 0.05) is 31.4 Å². The Balaban J connectivity index is 1.74. The summed E-state index contributed by atoms with van der Waals surface area (Å²) >= 11 is 0. The molecule has 0 radical (unpaired) electrons. The molecule has 3 rings (SSSR count). The van der Waals surface area contributed by atoms with E-state index in [4.69, 9.17) is 0 Å². The van der Waals surface area contributed by atoms with E-state index in [1.807, 2.05) is 31.3 Å². The highest BCUT2D eigenvalue weighted by atomic mass is 16.2. The number of carbonyl (C=O) groups is 1. The van der Waals surface area contributed by atoms with Gasteiger partial charge in [-0.2, -0.15) is 4.59 Å². The van der Waals surface area contributed by atoms with Crippen molar-refractivity contribution in [2.75, 3.05) is 6.54 Å². The summed E-state index contributed by atoms with van der Waals surface area (Å²) in [4.78, 5) is 16.9. The molecule has 2 aliphatic heterocycles. The highest BCUT2D eigenvalue weighted by molar-refractivity contribution is 5.96. The largest absolute Gasteiger partial charge is 0.334 e. The van der Waals surface area contributed by atoms with Crippen LogP contribution in [0, 0.1) is 0 Å². The Morgan fingerprint density at radius 3 is 2.65 bits per heavy atom. The molecule has 26 heavy (non-hydrogen) atoms. The van der Waals surface area contributed by atoms with Gasteiger partial charge in [-0.1, -0.05) is 10.7 Å². The Morgan fingerprint density at radius 2 is 2.08 bits per heavy atom. The summed E-state index contributed by atoms with van der Waals surface area (Å²) in [6.45, 7) is 9.62. The monoisotopic (exact) mass is 354 g/mol. The smallest absolute Gasteiger partial charge is 0.254 e. The number of pyridine rings is 1. The van der Waals surface area contributed by atoms with Gasteiger partial charge < -0.3 is 5.32 Å². The van der Waals surface area contributed by atoms with Crippen molar-refractivity contribution in [3.63, 3.8) is 0 Å². The normalized spacial score (nSPS) is 28.1. The van der Waals surface area contributed by atoms with Gasteiger partial charge in [-0.15, -0.1) is 0 Å². The molecule has 3 heterocycles. The van der Waals surface area contributed by atoms with Crippen molar-refractivity contribution >= 4 is 12.1 Å². The summed E-state index contributed by atoms with van der Waals surface area (Å²) in [5.41, 5.74) is 2.64. The van der Waals surface area contributed by atoms with E-state index in [1.165, 1.54) is 0 Å². The van der Waals surface area contributed by atoms with Crippen LogP contribution >= 0.6 is 0 Å². The molecule has 138 valence electrons.